The van der Waals surface area contributed by atoms with Crippen LogP contribution >= 0.6 is 0 Å². The number of nitrogens with zero attached hydrogens (tertiary/aromatic N) is 2. The first kappa shape index (κ1) is 13.0. The van der Waals surface area contributed by atoms with E-state index in [-0.39, 0.29) is 11.6 Å². The second kappa shape index (κ2) is 5.16. The van der Waals surface area contributed by atoms with Gasteiger partial charge in [0.15, 0.2) is 0 Å². The lowest BCUT2D eigenvalue weighted by Crippen LogP contribution is -2.07. The van der Waals surface area contributed by atoms with E-state index in [1.807, 2.05) is 6.07 Å². The van der Waals surface area contributed by atoms with Gasteiger partial charge >= 0.3 is 5.97 Å². The zero-order valence-corrected chi connectivity index (χ0v) is 10.7. The Labute approximate surface area is 119 Å². The van der Waals surface area contributed by atoms with Crippen molar-refractivity contribution < 1.29 is 14.3 Å². The standard InChI is InChI=1S/C15H10FN3O2/c16-9-5-7-10(8-6-9)17-13-11-3-1-2-4-12(11)18-14(19-13)15(20)21/h1-8H,(H,20,21)(H,17,18,19). The van der Waals surface area contributed by atoms with E-state index in [0.29, 0.717) is 22.4 Å². The fourth-order valence-corrected chi connectivity index (χ4v) is 1.94. The molecule has 0 aliphatic carbocycles. The zero-order valence-electron chi connectivity index (χ0n) is 10.7. The molecule has 5 nitrogen and oxygen atoms in total. The van der Waals surface area contributed by atoms with Gasteiger partial charge in [-0.05, 0) is 36.4 Å². The maximum absolute atomic E-state index is 12.9. The molecule has 6 heteroatoms. The molecule has 0 amide bonds. The number of hydrogen-bond donors (Lipinski definition) is 2. The number of carbonyl (C=O) groups is 1. The SMILES string of the molecule is O=C(O)c1nc(Nc2ccc(F)cc2)c2ccccc2n1. The molecular formula is C15H10FN3O2. The van der Waals surface area contributed by atoms with E-state index in [4.69, 9.17) is 5.11 Å². The van der Waals surface area contributed by atoms with Crippen LogP contribution in [-0.4, -0.2) is 21.0 Å². The first-order chi connectivity index (χ1) is 10.1. The van der Waals surface area contributed by atoms with Crippen molar-refractivity contribution in [2.24, 2.45) is 0 Å². The molecule has 1 heterocycles. The van der Waals surface area contributed by atoms with Crippen LogP contribution in [-0.2, 0) is 0 Å². The van der Waals surface area contributed by atoms with Gasteiger partial charge in [0.2, 0.25) is 5.82 Å². The Morgan fingerprint density at radius 3 is 2.48 bits per heavy atom. The number of nitrogens with one attached hydrogen (secondary N) is 1. The summed E-state index contributed by atoms with van der Waals surface area (Å²) in [6, 6.07) is 12.8. The quantitative estimate of drug-likeness (QED) is 0.772. The molecule has 1 aromatic heterocycles. The van der Waals surface area contributed by atoms with Crippen molar-refractivity contribution in [3.8, 4) is 0 Å². The molecule has 0 aliphatic heterocycles. The van der Waals surface area contributed by atoms with Gasteiger partial charge in [-0.25, -0.2) is 19.2 Å². The molecule has 0 saturated carbocycles. The Morgan fingerprint density at radius 2 is 1.76 bits per heavy atom. The van der Waals surface area contributed by atoms with E-state index in [0.717, 1.165) is 0 Å². The fourth-order valence-electron chi connectivity index (χ4n) is 1.94. The molecule has 21 heavy (non-hydrogen) atoms. The number of carboxylic acids is 1. The van der Waals surface area contributed by atoms with E-state index in [9.17, 15) is 9.18 Å². The topological polar surface area (TPSA) is 75.1 Å². The minimum Gasteiger partial charge on any atom is -0.475 e. The van der Waals surface area contributed by atoms with Crippen molar-refractivity contribution in [1.82, 2.24) is 9.97 Å². The van der Waals surface area contributed by atoms with Crippen LogP contribution in [0.4, 0.5) is 15.9 Å². The fraction of sp³-hybridized carbons (Fsp3) is 0. The smallest absolute Gasteiger partial charge is 0.374 e. The maximum Gasteiger partial charge on any atom is 0.374 e. The van der Waals surface area contributed by atoms with Crippen LogP contribution in [0.1, 0.15) is 10.6 Å². The number of anilines is 2. The van der Waals surface area contributed by atoms with Crippen LogP contribution in [0.5, 0.6) is 0 Å². The van der Waals surface area contributed by atoms with Gasteiger partial charge in [0.25, 0.3) is 0 Å². The second-order valence-electron chi connectivity index (χ2n) is 4.35. The number of para-hydroxylation sites is 1. The van der Waals surface area contributed by atoms with E-state index in [2.05, 4.69) is 15.3 Å². The number of halogens is 1. The second-order valence-corrected chi connectivity index (χ2v) is 4.35. The summed E-state index contributed by atoms with van der Waals surface area (Å²) in [5.41, 5.74) is 1.13. The molecule has 0 spiro atoms. The molecule has 0 aliphatic rings. The summed E-state index contributed by atoms with van der Waals surface area (Å²) in [6.07, 6.45) is 0. The maximum atomic E-state index is 12.9. The average Bonchev–Trinajstić information content (AvgIpc) is 2.49. The Balaban J connectivity index is 2.11. The highest BCUT2D eigenvalue weighted by atomic mass is 19.1. The Kier molecular flexibility index (Phi) is 3.19. The number of fused-ring (bicyclic) bond motifs is 1. The molecular weight excluding hydrogens is 273 g/mol. The van der Waals surface area contributed by atoms with Gasteiger partial charge in [-0.15, -0.1) is 0 Å². The largest absolute Gasteiger partial charge is 0.475 e. The van der Waals surface area contributed by atoms with Crippen LogP contribution in [0.3, 0.4) is 0 Å². The summed E-state index contributed by atoms with van der Waals surface area (Å²) >= 11 is 0. The molecule has 0 fully saturated rings. The highest BCUT2D eigenvalue weighted by Gasteiger charge is 2.12. The lowest BCUT2D eigenvalue weighted by molar-refractivity contribution is 0.0684. The Morgan fingerprint density at radius 1 is 1.05 bits per heavy atom. The Hall–Kier alpha value is -3.02. The first-order valence-corrected chi connectivity index (χ1v) is 6.16. The van der Waals surface area contributed by atoms with Gasteiger partial charge < -0.3 is 10.4 Å². The van der Waals surface area contributed by atoms with Crippen LogP contribution in [0.2, 0.25) is 0 Å². The van der Waals surface area contributed by atoms with Gasteiger partial charge in [0.05, 0.1) is 5.52 Å². The molecule has 0 unspecified atom stereocenters. The molecule has 3 rings (SSSR count). The summed E-state index contributed by atoms with van der Waals surface area (Å²) in [5.74, 6) is -1.48. The molecule has 3 aromatic rings. The highest BCUT2D eigenvalue weighted by molar-refractivity contribution is 5.94. The average molecular weight is 283 g/mol. The van der Waals surface area contributed by atoms with Crippen molar-refractivity contribution in [2.75, 3.05) is 5.32 Å². The van der Waals surface area contributed by atoms with Crippen LogP contribution in [0.25, 0.3) is 10.9 Å². The van der Waals surface area contributed by atoms with E-state index < -0.39 is 5.97 Å². The molecule has 0 saturated heterocycles. The number of aromatic nitrogens is 2. The summed E-state index contributed by atoms with van der Waals surface area (Å²) < 4.78 is 12.9. The number of aromatic carboxylic acids is 1. The Bertz CT molecular complexity index is 819. The highest BCUT2D eigenvalue weighted by Crippen LogP contribution is 2.23. The van der Waals surface area contributed by atoms with Gasteiger partial charge in [0.1, 0.15) is 11.6 Å². The summed E-state index contributed by atoms with van der Waals surface area (Å²) in [6.45, 7) is 0. The predicted octanol–water partition coefficient (Wildman–Crippen LogP) is 3.21. The van der Waals surface area contributed by atoms with Crippen molar-refractivity contribution in [3.05, 3.63) is 60.2 Å². The van der Waals surface area contributed by atoms with Crippen molar-refractivity contribution in [3.63, 3.8) is 0 Å². The molecule has 2 N–H and O–H groups in total. The monoisotopic (exact) mass is 283 g/mol. The minimum absolute atomic E-state index is 0.293. The molecule has 104 valence electrons. The number of benzene rings is 2. The molecule has 0 atom stereocenters. The van der Waals surface area contributed by atoms with E-state index in [1.165, 1.54) is 12.1 Å². The summed E-state index contributed by atoms with van der Waals surface area (Å²) in [7, 11) is 0. The van der Waals surface area contributed by atoms with Gasteiger partial charge in [-0.3, -0.25) is 0 Å². The van der Waals surface area contributed by atoms with Crippen molar-refractivity contribution in [2.45, 2.75) is 0 Å². The molecule has 0 radical (unpaired) electrons. The van der Waals surface area contributed by atoms with Crippen LogP contribution in [0, 0.1) is 5.82 Å². The lowest BCUT2D eigenvalue weighted by Gasteiger charge is -2.09. The van der Waals surface area contributed by atoms with Gasteiger partial charge in [-0.2, -0.15) is 0 Å². The third-order valence-electron chi connectivity index (χ3n) is 2.90. The summed E-state index contributed by atoms with van der Waals surface area (Å²) in [4.78, 5) is 19.1. The van der Waals surface area contributed by atoms with Crippen molar-refractivity contribution >= 4 is 28.4 Å². The van der Waals surface area contributed by atoms with Crippen LogP contribution in [0.15, 0.2) is 48.5 Å². The third kappa shape index (κ3) is 2.64. The van der Waals surface area contributed by atoms with Crippen LogP contribution < -0.4 is 5.32 Å². The summed E-state index contributed by atoms with van der Waals surface area (Å²) in [5, 5.41) is 12.7. The van der Waals surface area contributed by atoms with Crippen molar-refractivity contribution in [1.29, 1.82) is 0 Å². The zero-order chi connectivity index (χ0) is 14.8. The third-order valence-corrected chi connectivity index (χ3v) is 2.90. The van der Waals surface area contributed by atoms with Gasteiger partial charge in [0, 0.05) is 11.1 Å². The number of carboxylic acid groups (broad SMARTS) is 1. The minimum atomic E-state index is -1.21. The van der Waals surface area contributed by atoms with Gasteiger partial charge in [-0.1, -0.05) is 12.1 Å². The predicted molar refractivity (Wildman–Crippen MR) is 76.2 cm³/mol. The number of rotatable bonds is 3. The normalized spacial score (nSPS) is 10.5. The first-order valence-electron chi connectivity index (χ1n) is 6.16. The van der Waals surface area contributed by atoms with E-state index >= 15 is 0 Å². The lowest BCUT2D eigenvalue weighted by atomic mass is 10.2. The number of hydrogen-bond acceptors (Lipinski definition) is 4. The van der Waals surface area contributed by atoms with E-state index in [1.54, 1.807) is 30.3 Å². The molecule has 0 bridgehead atoms. The molecule has 2 aromatic carbocycles.